The van der Waals surface area contributed by atoms with Gasteiger partial charge >= 0.3 is 5.69 Å². The molecule has 0 aliphatic carbocycles. The maximum Gasteiger partial charge on any atom is 0.330 e. The van der Waals surface area contributed by atoms with E-state index in [-0.39, 0.29) is 11.2 Å². The summed E-state index contributed by atoms with van der Waals surface area (Å²) in [6.07, 6.45) is 0.939. The van der Waals surface area contributed by atoms with Gasteiger partial charge in [0.15, 0.2) is 0 Å². The van der Waals surface area contributed by atoms with Gasteiger partial charge in [-0.15, -0.1) is 0 Å². The second-order valence-corrected chi connectivity index (χ2v) is 5.08. The van der Waals surface area contributed by atoms with Crippen LogP contribution in [0.15, 0.2) is 15.7 Å². The summed E-state index contributed by atoms with van der Waals surface area (Å²) in [5, 5.41) is 0. The molecule has 6 nitrogen and oxygen atoms in total. The van der Waals surface area contributed by atoms with E-state index in [4.69, 9.17) is 4.74 Å². The van der Waals surface area contributed by atoms with Gasteiger partial charge in [0.1, 0.15) is 13.1 Å². The summed E-state index contributed by atoms with van der Waals surface area (Å²) in [4.78, 5) is 25.0. The number of nitrogens with one attached hydrogen (secondary N) is 1. The van der Waals surface area contributed by atoms with Crippen molar-refractivity contribution in [3.63, 3.8) is 0 Å². The van der Waals surface area contributed by atoms with Gasteiger partial charge in [-0.05, 0) is 6.92 Å². The fraction of sp³-hybridized carbons (Fsp3) is 0.692. The summed E-state index contributed by atoms with van der Waals surface area (Å²) in [5.74, 6) is 0. The predicted molar refractivity (Wildman–Crippen MR) is 71.7 cm³/mol. The second kappa shape index (κ2) is 6.16. The second-order valence-electron chi connectivity index (χ2n) is 5.08. The van der Waals surface area contributed by atoms with E-state index in [0.29, 0.717) is 6.54 Å². The molecule has 1 aromatic heterocycles. The van der Waals surface area contributed by atoms with Crippen LogP contribution in [-0.2, 0) is 18.3 Å². The number of aromatic nitrogens is 2. The molecule has 0 bridgehead atoms. The van der Waals surface area contributed by atoms with Crippen molar-refractivity contribution in [1.29, 1.82) is 0 Å². The molecular formula is C13H22N3O3+. The molecule has 1 aromatic rings. The van der Waals surface area contributed by atoms with Gasteiger partial charge < -0.3 is 9.64 Å². The maximum absolute atomic E-state index is 12.0. The van der Waals surface area contributed by atoms with Crippen molar-refractivity contribution in [3.8, 4) is 0 Å². The number of hydrogen-bond acceptors (Lipinski definition) is 3. The Morgan fingerprint density at radius 3 is 2.68 bits per heavy atom. The predicted octanol–water partition coefficient (Wildman–Crippen LogP) is -1.84. The summed E-state index contributed by atoms with van der Waals surface area (Å²) in [7, 11) is 1.52. The largest absolute Gasteiger partial charge is 0.370 e. The molecule has 0 amide bonds. The Hall–Kier alpha value is -1.40. The highest BCUT2D eigenvalue weighted by Crippen LogP contribution is 1.92. The zero-order valence-corrected chi connectivity index (χ0v) is 11.6. The molecule has 1 aliphatic heterocycles. The molecule has 19 heavy (non-hydrogen) atoms. The Kier molecular flexibility index (Phi) is 4.55. The summed E-state index contributed by atoms with van der Waals surface area (Å²) in [5.41, 5.74) is 0.282. The van der Waals surface area contributed by atoms with Crippen LogP contribution in [0.25, 0.3) is 0 Å². The molecule has 2 rings (SSSR count). The summed E-state index contributed by atoms with van der Waals surface area (Å²) in [6, 6.07) is 1.52. The van der Waals surface area contributed by atoms with Gasteiger partial charge in [0.25, 0.3) is 5.56 Å². The highest BCUT2D eigenvalue weighted by atomic mass is 16.5. The molecule has 2 heterocycles. The SMILES string of the molecule is Cc1cc(=O)n(C)c(=O)n1CCC[NH+]1CCOCC1. The van der Waals surface area contributed by atoms with Crippen LogP contribution in [0.5, 0.6) is 0 Å². The molecule has 0 spiro atoms. The lowest BCUT2D eigenvalue weighted by molar-refractivity contribution is -0.908. The van der Waals surface area contributed by atoms with Gasteiger partial charge in [-0.2, -0.15) is 0 Å². The number of aryl methyl sites for hydroxylation is 1. The molecule has 1 N–H and O–H groups in total. The number of quaternary nitrogens is 1. The molecule has 1 saturated heterocycles. The lowest BCUT2D eigenvalue weighted by Crippen LogP contribution is -3.14. The molecule has 0 saturated carbocycles. The number of nitrogens with zero attached hydrogens (tertiary/aromatic N) is 2. The Morgan fingerprint density at radius 2 is 2.00 bits per heavy atom. The Labute approximate surface area is 112 Å². The zero-order valence-electron chi connectivity index (χ0n) is 11.6. The van der Waals surface area contributed by atoms with E-state index in [2.05, 4.69) is 0 Å². The zero-order chi connectivity index (χ0) is 13.8. The van der Waals surface area contributed by atoms with Crippen molar-refractivity contribution < 1.29 is 9.64 Å². The summed E-state index contributed by atoms with van der Waals surface area (Å²) >= 11 is 0. The minimum atomic E-state index is -0.238. The maximum atomic E-state index is 12.0. The fourth-order valence-electron chi connectivity index (χ4n) is 2.45. The Bertz CT molecular complexity index is 541. The van der Waals surface area contributed by atoms with Crippen LogP contribution < -0.4 is 16.1 Å². The Morgan fingerprint density at radius 1 is 1.32 bits per heavy atom. The molecule has 1 fully saturated rings. The van der Waals surface area contributed by atoms with Crippen LogP contribution in [0.4, 0.5) is 0 Å². The fourth-order valence-corrected chi connectivity index (χ4v) is 2.45. The van der Waals surface area contributed by atoms with Crippen LogP contribution in [-0.4, -0.2) is 42.0 Å². The average Bonchev–Trinajstić information content (AvgIpc) is 2.41. The first-order valence-corrected chi connectivity index (χ1v) is 6.78. The van der Waals surface area contributed by atoms with E-state index >= 15 is 0 Å². The van der Waals surface area contributed by atoms with E-state index in [1.54, 1.807) is 4.57 Å². The molecule has 0 aromatic carbocycles. The minimum absolute atomic E-state index is 0.220. The van der Waals surface area contributed by atoms with Crippen molar-refractivity contribution >= 4 is 0 Å². The third-order valence-electron chi connectivity index (χ3n) is 3.72. The van der Waals surface area contributed by atoms with E-state index in [9.17, 15) is 9.59 Å². The van der Waals surface area contributed by atoms with Crippen LogP contribution in [0.2, 0.25) is 0 Å². The van der Waals surface area contributed by atoms with E-state index in [0.717, 1.165) is 49.5 Å². The third kappa shape index (κ3) is 3.33. The molecule has 0 atom stereocenters. The van der Waals surface area contributed by atoms with Gasteiger partial charge in [0, 0.05) is 31.8 Å². The number of hydrogen-bond donors (Lipinski definition) is 1. The van der Waals surface area contributed by atoms with Crippen LogP contribution in [0, 0.1) is 6.92 Å². The molecule has 0 radical (unpaired) electrons. The summed E-state index contributed by atoms with van der Waals surface area (Å²) in [6.45, 7) is 7.26. The average molecular weight is 268 g/mol. The lowest BCUT2D eigenvalue weighted by Gasteiger charge is -2.23. The van der Waals surface area contributed by atoms with E-state index in [1.807, 2.05) is 6.92 Å². The molecule has 106 valence electrons. The molecular weight excluding hydrogens is 246 g/mol. The molecule has 6 heteroatoms. The van der Waals surface area contributed by atoms with Gasteiger partial charge in [0.2, 0.25) is 0 Å². The van der Waals surface area contributed by atoms with Gasteiger partial charge in [-0.25, -0.2) is 4.79 Å². The van der Waals surface area contributed by atoms with Crippen LogP contribution in [0.1, 0.15) is 12.1 Å². The minimum Gasteiger partial charge on any atom is -0.370 e. The number of ether oxygens (including phenoxy) is 1. The first-order valence-electron chi connectivity index (χ1n) is 6.78. The van der Waals surface area contributed by atoms with Crippen molar-refractivity contribution in [2.75, 3.05) is 32.8 Å². The third-order valence-corrected chi connectivity index (χ3v) is 3.72. The van der Waals surface area contributed by atoms with Gasteiger partial charge in [0.05, 0.1) is 19.8 Å². The highest BCUT2D eigenvalue weighted by Gasteiger charge is 2.13. The normalized spacial score (nSPS) is 16.7. The number of morpholine rings is 1. The van der Waals surface area contributed by atoms with Gasteiger partial charge in [-0.1, -0.05) is 0 Å². The van der Waals surface area contributed by atoms with Crippen molar-refractivity contribution in [2.24, 2.45) is 7.05 Å². The Balaban J connectivity index is 1.98. The first-order chi connectivity index (χ1) is 9.09. The summed E-state index contributed by atoms with van der Waals surface area (Å²) < 4.78 is 8.16. The van der Waals surface area contributed by atoms with E-state index in [1.165, 1.54) is 18.0 Å². The van der Waals surface area contributed by atoms with E-state index < -0.39 is 0 Å². The smallest absolute Gasteiger partial charge is 0.330 e. The lowest BCUT2D eigenvalue weighted by atomic mass is 10.3. The quantitative estimate of drug-likeness (QED) is 0.698. The first kappa shape index (κ1) is 14.0. The standard InChI is InChI=1S/C13H21N3O3/c1-11-10-12(17)14(2)13(18)16(11)5-3-4-15-6-8-19-9-7-15/h10H,3-9H2,1-2H3/p+1. The molecule has 0 unspecified atom stereocenters. The topological polar surface area (TPSA) is 57.7 Å². The van der Waals surface area contributed by atoms with Gasteiger partial charge in [-0.3, -0.25) is 13.9 Å². The number of rotatable bonds is 4. The van der Waals surface area contributed by atoms with Crippen molar-refractivity contribution in [1.82, 2.24) is 9.13 Å². The van der Waals surface area contributed by atoms with Crippen molar-refractivity contribution in [2.45, 2.75) is 19.9 Å². The highest BCUT2D eigenvalue weighted by molar-refractivity contribution is 4.99. The monoisotopic (exact) mass is 268 g/mol. The van der Waals surface area contributed by atoms with Crippen LogP contribution >= 0.6 is 0 Å². The van der Waals surface area contributed by atoms with Crippen LogP contribution in [0.3, 0.4) is 0 Å². The van der Waals surface area contributed by atoms with Crippen molar-refractivity contribution in [3.05, 3.63) is 32.6 Å². The molecule has 1 aliphatic rings.